The van der Waals surface area contributed by atoms with Gasteiger partial charge in [-0.2, -0.15) is 8.42 Å². The van der Waals surface area contributed by atoms with Gasteiger partial charge in [0.05, 0.1) is 4.90 Å². The van der Waals surface area contributed by atoms with Crippen molar-refractivity contribution in [1.82, 2.24) is 0 Å². The summed E-state index contributed by atoms with van der Waals surface area (Å²) in [6.07, 6.45) is 0. The molecule has 134 valence electrons. The summed E-state index contributed by atoms with van der Waals surface area (Å²) in [6.45, 7) is 1.84. The molecule has 0 bridgehead atoms. The lowest BCUT2D eigenvalue weighted by Crippen LogP contribution is -1.96. The molecule has 0 heterocycles. The van der Waals surface area contributed by atoms with E-state index < -0.39 is 10.1 Å². The molecule has 5 rings (SSSR count). The summed E-state index contributed by atoms with van der Waals surface area (Å²) in [5.74, 6) is 0. The standard InChI is InChI=1S/C16H10.C7H8O3S/c1-3-11-7-9-13-5-2-6-14-10-8-12(4-1)15(11)16(13)14;1-6-2-4-7(5-3-6)11(8,9)10/h1-10H;2-5H,1H3,(H,8,9,10). The van der Waals surface area contributed by atoms with Crippen LogP contribution in [0.25, 0.3) is 32.3 Å². The van der Waals surface area contributed by atoms with E-state index in [0.29, 0.717) is 0 Å². The minimum Gasteiger partial charge on any atom is -0.282 e. The molecule has 3 nitrogen and oxygen atoms in total. The molecular formula is C23H18O3S. The topological polar surface area (TPSA) is 54.4 Å². The second kappa shape index (κ2) is 6.65. The Kier molecular flexibility index (Phi) is 4.30. The zero-order chi connectivity index (χ0) is 19.0. The molecule has 0 aliphatic heterocycles. The van der Waals surface area contributed by atoms with Crippen LogP contribution in [-0.4, -0.2) is 13.0 Å². The number of hydrogen-bond acceptors (Lipinski definition) is 2. The van der Waals surface area contributed by atoms with Crippen molar-refractivity contribution in [3.63, 3.8) is 0 Å². The minimum atomic E-state index is -4.02. The van der Waals surface area contributed by atoms with Gasteiger partial charge in [0.15, 0.2) is 0 Å². The fourth-order valence-electron chi connectivity index (χ4n) is 3.38. The third-order valence-electron chi connectivity index (χ3n) is 4.71. The summed E-state index contributed by atoms with van der Waals surface area (Å²) in [4.78, 5) is -0.0666. The van der Waals surface area contributed by atoms with Crippen LogP contribution in [0.5, 0.6) is 0 Å². The highest BCUT2D eigenvalue weighted by Gasteiger charge is 2.07. The Morgan fingerprint density at radius 2 is 0.963 bits per heavy atom. The maximum atomic E-state index is 10.5. The van der Waals surface area contributed by atoms with Crippen molar-refractivity contribution in [2.24, 2.45) is 0 Å². The quantitative estimate of drug-likeness (QED) is 0.297. The van der Waals surface area contributed by atoms with Crippen molar-refractivity contribution < 1.29 is 13.0 Å². The van der Waals surface area contributed by atoms with Crippen LogP contribution in [0.4, 0.5) is 0 Å². The predicted octanol–water partition coefficient (Wildman–Crippen LogP) is 5.83. The first-order chi connectivity index (χ1) is 12.9. The van der Waals surface area contributed by atoms with Crippen LogP contribution in [-0.2, 0) is 10.1 Å². The Bertz CT molecular complexity index is 1210. The van der Waals surface area contributed by atoms with E-state index in [1.807, 2.05) is 6.92 Å². The van der Waals surface area contributed by atoms with Gasteiger partial charge in [0.2, 0.25) is 0 Å². The van der Waals surface area contributed by atoms with Crippen LogP contribution in [0, 0.1) is 6.92 Å². The number of hydrogen-bond donors (Lipinski definition) is 1. The van der Waals surface area contributed by atoms with E-state index in [2.05, 4.69) is 60.7 Å². The first-order valence-electron chi connectivity index (χ1n) is 8.60. The van der Waals surface area contributed by atoms with E-state index in [1.165, 1.54) is 44.5 Å². The van der Waals surface area contributed by atoms with Gasteiger partial charge in [-0.1, -0.05) is 78.4 Å². The fourth-order valence-corrected chi connectivity index (χ4v) is 3.86. The van der Waals surface area contributed by atoms with Crippen molar-refractivity contribution in [3.8, 4) is 0 Å². The van der Waals surface area contributed by atoms with Gasteiger partial charge in [0.25, 0.3) is 10.1 Å². The first-order valence-corrected chi connectivity index (χ1v) is 10.0. The minimum absolute atomic E-state index is 0.0666. The van der Waals surface area contributed by atoms with Gasteiger partial charge in [0, 0.05) is 0 Å². The van der Waals surface area contributed by atoms with Gasteiger partial charge < -0.3 is 0 Å². The van der Waals surface area contributed by atoms with Crippen LogP contribution in [0.1, 0.15) is 5.56 Å². The molecule has 0 aromatic heterocycles. The van der Waals surface area contributed by atoms with Crippen molar-refractivity contribution in [2.45, 2.75) is 11.8 Å². The molecule has 0 unspecified atom stereocenters. The molecule has 0 aliphatic rings. The van der Waals surface area contributed by atoms with Crippen LogP contribution >= 0.6 is 0 Å². The molecule has 0 amide bonds. The number of rotatable bonds is 1. The van der Waals surface area contributed by atoms with Gasteiger partial charge in [-0.15, -0.1) is 0 Å². The highest BCUT2D eigenvalue weighted by atomic mass is 32.2. The summed E-state index contributed by atoms with van der Waals surface area (Å²) in [6, 6.07) is 27.8. The largest absolute Gasteiger partial charge is 0.294 e. The van der Waals surface area contributed by atoms with E-state index >= 15 is 0 Å². The summed E-state index contributed by atoms with van der Waals surface area (Å²) >= 11 is 0. The lowest BCUT2D eigenvalue weighted by molar-refractivity contribution is 0.483. The van der Waals surface area contributed by atoms with Crippen molar-refractivity contribution in [2.75, 3.05) is 0 Å². The predicted molar refractivity (Wildman–Crippen MR) is 111 cm³/mol. The molecule has 27 heavy (non-hydrogen) atoms. The zero-order valence-corrected chi connectivity index (χ0v) is 15.6. The molecule has 0 saturated carbocycles. The Labute approximate surface area is 158 Å². The molecule has 0 saturated heterocycles. The summed E-state index contributed by atoms with van der Waals surface area (Å²) in [7, 11) is -4.02. The van der Waals surface area contributed by atoms with Gasteiger partial charge in [-0.05, 0) is 51.4 Å². The monoisotopic (exact) mass is 374 g/mol. The summed E-state index contributed by atoms with van der Waals surface area (Å²) in [5.41, 5.74) is 0.956. The molecule has 5 aromatic carbocycles. The molecular weight excluding hydrogens is 356 g/mol. The fraction of sp³-hybridized carbons (Fsp3) is 0.0435. The molecule has 0 radical (unpaired) electrons. The summed E-state index contributed by atoms with van der Waals surface area (Å²) < 4.78 is 29.6. The Morgan fingerprint density at radius 3 is 1.30 bits per heavy atom. The second-order valence-corrected chi connectivity index (χ2v) is 8.00. The maximum absolute atomic E-state index is 10.5. The SMILES string of the molecule is Cc1ccc(S(=O)(=O)O)cc1.c1cc2ccc3cccc4ccc(c1)c2c34. The molecule has 0 atom stereocenters. The van der Waals surface area contributed by atoms with Crippen molar-refractivity contribution in [3.05, 3.63) is 90.5 Å². The normalized spacial score (nSPS) is 11.6. The molecule has 0 fully saturated rings. The Hall–Kier alpha value is -2.95. The molecule has 4 heteroatoms. The third kappa shape index (κ3) is 3.37. The van der Waals surface area contributed by atoms with Crippen LogP contribution < -0.4 is 0 Å². The van der Waals surface area contributed by atoms with E-state index in [4.69, 9.17) is 4.55 Å². The third-order valence-corrected chi connectivity index (χ3v) is 5.58. The average Bonchev–Trinajstić information content (AvgIpc) is 2.66. The Morgan fingerprint density at radius 1 is 0.593 bits per heavy atom. The van der Waals surface area contributed by atoms with Gasteiger partial charge >= 0.3 is 0 Å². The van der Waals surface area contributed by atoms with E-state index in [1.54, 1.807) is 12.1 Å². The number of aryl methyl sites for hydroxylation is 1. The second-order valence-electron chi connectivity index (χ2n) is 6.58. The van der Waals surface area contributed by atoms with Crippen LogP contribution in [0.2, 0.25) is 0 Å². The molecule has 5 aromatic rings. The summed E-state index contributed by atoms with van der Waals surface area (Å²) in [5, 5.41) is 8.14. The van der Waals surface area contributed by atoms with Crippen LogP contribution in [0.15, 0.2) is 89.8 Å². The van der Waals surface area contributed by atoms with E-state index in [0.717, 1.165) is 5.56 Å². The molecule has 0 aliphatic carbocycles. The van der Waals surface area contributed by atoms with Crippen molar-refractivity contribution >= 4 is 42.4 Å². The zero-order valence-electron chi connectivity index (χ0n) is 14.8. The first kappa shape index (κ1) is 17.5. The van der Waals surface area contributed by atoms with E-state index in [-0.39, 0.29) is 4.90 Å². The van der Waals surface area contributed by atoms with Gasteiger partial charge in [0.1, 0.15) is 0 Å². The molecule has 0 spiro atoms. The Balaban J connectivity index is 0.000000145. The maximum Gasteiger partial charge on any atom is 0.294 e. The smallest absolute Gasteiger partial charge is 0.282 e. The average molecular weight is 374 g/mol. The van der Waals surface area contributed by atoms with Gasteiger partial charge in [-0.3, -0.25) is 4.55 Å². The van der Waals surface area contributed by atoms with Crippen molar-refractivity contribution in [1.29, 1.82) is 0 Å². The highest BCUT2D eigenvalue weighted by Crippen LogP contribution is 2.33. The lowest BCUT2D eigenvalue weighted by atomic mass is 9.95. The number of benzene rings is 5. The van der Waals surface area contributed by atoms with Gasteiger partial charge in [-0.25, -0.2) is 0 Å². The highest BCUT2D eigenvalue weighted by molar-refractivity contribution is 7.85. The van der Waals surface area contributed by atoms with E-state index in [9.17, 15) is 8.42 Å². The molecule has 1 N–H and O–H groups in total. The van der Waals surface area contributed by atoms with Crippen LogP contribution in [0.3, 0.4) is 0 Å². The lowest BCUT2D eigenvalue weighted by Gasteiger charge is -2.09.